The summed E-state index contributed by atoms with van der Waals surface area (Å²) in [4.78, 5) is 0. The summed E-state index contributed by atoms with van der Waals surface area (Å²) in [5, 5.41) is 0. The van der Waals surface area contributed by atoms with E-state index in [1.54, 1.807) is 0 Å². The third-order valence-electron chi connectivity index (χ3n) is 0.444. The molecule has 0 aliphatic heterocycles. The minimum absolute atomic E-state index is 0.474. The van der Waals surface area contributed by atoms with Crippen LogP contribution in [0, 0.1) is 12.3 Å². The highest BCUT2D eigenvalue weighted by Crippen LogP contribution is 1.79. The molecule has 2 heteroatoms. The Bertz CT molecular complexity index is 72.6. The van der Waals surface area contributed by atoms with Gasteiger partial charge in [-0.3, -0.25) is 0 Å². The van der Waals surface area contributed by atoms with Crippen LogP contribution in [0.4, 0.5) is 0 Å². The van der Waals surface area contributed by atoms with E-state index in [4.69, 9.17) is 10.8 Å². The van der Waals surface area contributed by atoms with Crippen molar-refractivity contribution in [2.24, 2.45) is 0 Å². The van der Waals surface area contributed by atoms with E-state index in [-0.39, 0.29) is 0 Å². The molecule has 0 rings (SSSR count). The van der Waals surface area contributed by atoms with Crippen molar-refractivity contribution >= 4 is 9.04 Å². The van der Waals surface area contributed by atoms with E-state index < -0.39 is 9.04 Å². The van der Waals surface area contributed by atoms with Gasteiger partial charge in [-0.25, -0.2) is 0 Å². The largest absolute Gasteiger partial charge is 0.406 e. The zero-order valence-corrected chi connectivity index (χ0v) is 5.69. The molecule has 0 aromatic rings. The molecule has 0 bridgehead atoms. The maximum atomic E-state index is 5.06. The monoisotopic (exact) mass is 113 g/mol. The molecular weight excluding hydrogens is 104 g/mol. The molecule has 0 fully saturated rings. The van der Waals surface area contributed by atoms with Gasteiger partial charge in [0.15, 0.2) is 0 Å². The van der Waals surface area contributed by atoms with Gasteiger partial charge in [0, 0.05) is 0 Å². The van der Waals surface area contributed by atoms with Crippen molar-refractivity contribution in [3.8, 4) is 12.3 Å². The first-order valence-electron chi connectivity index (χ1n) is 2.14. The van der Waals surface area contributed by atoms with Crippen molar-refractivity contribution in [3.63, 3.8) is 0 Å². The van der Waals surface area contributed by atoms with Crippen molar-refractivity contribution in [1.82, 2.24) is 0 Å². The van der Waals surface area contributed by atoms with Gasteiger partial charge in [-0.2, -0.15) is 0 Å². The fourth-order valence-electron chi connectivity index (χ4n) is 0.186. The molecule has 0 aliphatic carbocycles. The highest BCUT2D eigenvalue weighted by molar-refractivity contribution is 6.48. The maximum absolute atomic E-state index is 5.06. The molecule has 0 unspecified atom stereocenters. The quantitative estimate of drug-likeness (QED) is 0.381. The Morgan fingerprint density at radius 1 is 1.71 bits per heavy atom. The number of hydrogen-bond donors (Lipinski definition) is 0. The van der Waals surface area contributed by atoms with Gasteiger partial charge in [-0.15, -0.1) is 6.42 Å². The maximum Gasteiger partial charge on any atom is 0.206 e. The van der Waals surface area contributed by atoms with E-state index in [0.717, 1.165) is 0 Å². The standard InChI is InChI=1S/C5H9OSi/c1-4-5-6-7(2)3/h1H,5H2,2-3H3. The first-order chi connectivity index (χ1) is 3.27. The van der Waals surface area contributed by atoms with Crippen LogP contribution in [0.5, 0.6) is 0 Å². The normalized spacial score (nSPS) is 8.86. The number of terminal acetylenes is 1. The Labute approximate surface area is 46.4 Å². The van der Waals surface area contributed by atoms with Gasteiger partial charge in [0.25, 0.3) is 0 Å². The minimum Gasteiger partial charge on any atom is -0.406 e. The fraction of sp³-hybridized carbons (Fsp3) is 0.600. The molecule has 39 valence electrons. The van der Waals surface area contributed by atoms with Crippen LogP contribution in [-0.2, 0) is 4.43 Å². The Morgan fingerprint density at radius 2 is 2.29 bits per heavy atom. The molecule has 0 heterocycles. The molecule has 0 atom stereocenters. The van der Waals surface area contributed by atoms with E-state index in [9.17, 15) is 0 Å². The lowest BCUT2D eigenvalue weighted by atomic mass is 10.8. The second-order valence-electron chi connectivity index (χ2n) is 1.40. The van der Waals surface area contributed by atoms with Crippen molar-refractivity contribution in [1.29, 1.82) is 0 Å². The second-order valence-corrected chi connectivity index (χ2v) is 3.51. The molecule has 0 aromatic carbocycles. The SMILES string of the molecule is C#CCO[Si](C)C. The summed E-state index contributed by atoms with van der Waals surface area (Å²) >= 11 is 0. The Hall–Kier alpha value is -0.263. The molecule has 1 nitrogen and oxygen atoms in total. The van der Waals surface area contributed by atoms with E-state index in [1.807, 2.05) is 0 Å². The zero-order valence-electron chi connectivity index (χ0n) is 4.69. The summed E-state index contributed by atoms with van der Waals surface area (Å²) in [6, 6.07) is 0. The lowest BCUT2D eigenvalue weighted by Gasteiger charge is -1.97. The number of rotatable bonds is 2. The van der Waals surface area contributed by atoms with Crippen LogP contribution in [0.25, 0.3) is 0 Å². The summed E-state index contributed by atoms with van der Waals surface area (Å²) in [7, 11) is -0.540. The van der Waals surface area contributed by atoms with Crippen LogP contribution in [-0.4, -0.2) is 15.6 Å². The van der Waals surface area contributed by atoms with E-state index >= 15 is 0 Å². The van der Waals surface area contributed by atoms with Gasteiger partial charge in [0.05, 0.1) is 6.61 Å². The summed E-state index contributed by atoms with van der Waals surface area (Å²) < 4.78 is 5.06. The van der Waals surface area contributed by atoms with Crippen molar-refractivity contribution in [2.75, 3.05) is 6.61 Å². The highest BCUT2D eigenvalue weighted by Gasteiger charge is 1.90. The zero-order chi connectivity index (χ0) is 5.70. The molecule has 0 saturated heterocycles. The van der Waals surface area contributed by atoms with Crippen LogP contribution in [0.2, 0.25) is 13.1 Å². The van der Waals surface area contributed by atoms with Crippen molar-refractivity contribution in [3.05, 3.63) is 0 Å². The molecule has 0 aromatic heterocycles. The lowest BCUT2D eigenvalue weighted by molar-refractivity contribution is 0.382. The predicted molar refractivity (Wildman–Crippen MR) is 32.3 cm³/mol. The third-order valence-corrected chi connectivity index (χ3v) is 1.17. The Balaban J connectivity index is 2.86. The second kappa shape index (κ2) is 3.91. The summed E-state index contributed by atoms with van der Waals surface area (Å²) in [6.07, 6.45) is 4.92. The van der Waals surface area contributed by atoms with Gasteiger partial charge in [-0.05, 0) is 13.1 Å². The summed E-state index contributed by atoms with van der Waals surface area (Å²) in [5.41, 5.74) is 0. The van der Waals surface area contributed by atoms with Crippen LogP contribution < -0.4 is 0 Å². The highest BCUT2D eigenvalue weighted by atomic mass is 28.3. The van der Waals surface area contributed by atoms with Crippen LogP contribution in [0.3, 0.4) is 0 Å². The average Bonchev–Trinajstić information content (AvgIpc) is 1.61. The summed E-state index contributed by atoms with van der Waals surface area (Å²) in [6.45, 7) is 4.59. The van der Waals surface area contributed by atoms with Crippen LogP contribution in [0.1, 0.15) is 0 Å². The molecule has 0 spiro atoms. The molecule has 0 saturated carbocycles. The van der Waals surface area contributed by atoms with Gasteiger partial charge < -0.3 is 4.43 Å². The van der Waals surface area contributed by atoms with Gasteiger partial charge in [-0.1, -0.05) is 5.92 Å². The molecule has 0 amide bonds. The average molecular weight is 113 g/mol. The lowest BCUT2D eigenvalue weighted by Crippen LogP contribution is -2.06. The fourth-order valence-corrected chi connectivity index (χ4v) is 0.558. The van der Waals surface area contributed by atoms with Crippen molar-refractivity contribution < 1.29 is 4.43 Å². The van der Waals surface area contributed by atoms with E-state index in [2.05, 4.69) is 19.0 Å². The van der Waals surface area contributed by atoms with Crippen LogP contribution >= 0.6 is 0 Å². The van der Waals surface area contributed by atoms with Crippen LogP contribution in [0.15, 0.2) is 0 Å². The van der Waals surface area contributed by atoms with Crippen molar-refractivity contribution in [2.45, 2.75) is 13.1 Å². The first-order valence-corrected chi connectivity index (χ1v) is 4.54. The molecule has 7 heavy (non-hydrogen) atoms. The molecule has 0 N–H and O–H groups in total. The smallest absolute Gasteiger partial charge is 0.206 e. The molecule has 0 aliphatic rings. The minimum atomic E-state index is -0.540. The van der Waals surface area contributed by atoms with E-state index in [0.29, 0.717) is 6.61 Å². The van der Waals surface area contributed by atoms with E-state index in [1.165, 1.54) is 0 Å². The third kappa shape index (κ3) is 5.74. The van der Waals surface area contributed by atoms with Gasteiger partial charge in [0.1, 0.15) is 0 Å². The predicted octanol–water partition coefficient (Wildman–Crippen LogP) is 0.887. The number of hydrogen-bond acceptors (Lipinski definition) is 1. The van der Waals surface area contributed by atoms with Gasteiger partial charge in [0.2, 0.25) is 9.04 Å². The Kier molecular flexibility index (Phi) is 3.76. The molecule has 1 radical (unpaired) electrons. The first kappa shape index (κ1) is 6.74. The Morgan fingerprint density at radius 3 is 2.43 bits per heavy atom. The summed E-state index contributed by atoms with van der Waals surface area (Å²) in [5.74, 6) is 2.40. The van der Waals surface area contributed by atoms with Gasteiger partial charge >= 0.3 is 0 Å². The molecular formula is C5H9OSi. The topological polar surface area (TPSA) is 9.23 Å².